The number of rotatable bonds is 3. The van der Waals surface area contributed by atoms with Gasteiger partial charge in [0.25, 0.3) is 0 Å². The van der Waals surface area contributed by atoms with Gasteiger partial charge >= 0.3 is 0 Å². The third-order valence-electron chi connectivity index (χ3n) is 8.13. The lowest BCUT2D eigenvalue weighted by Crippen LogP contribution is -2.57. The van der Waals surface area contributed by atoms with Crippen LogP contribution in [0.4, 0.5) is 5.69 Å². The van der Waals surface area contributed by atoms with E-state index in [1.807, 2.05) is 24.3 Å². The van der Waals surface area contributed by atoms with Crippen LogP contribution in [0.25, 0.3) is 10.8 Å². The number of hydrogen-bond acceptors (Lipinski definition) is 3. The first-order valence-corrected chi connectivity index (χ1v) is 11.5. The molecule has 0 aliphatic heterocycles. The van der Waals surface area contributed by atoms with Crippen LogP contribution in [-0.2, 0) is 5.41 Å². The second-order valence-corrected chi connectivity index (χ2v) is 10.4. The highest BCUT2D eigenvalue weighted by Crippen LogP contribution is 2.62. The number of hydrogen-bond donors (Lipinski definition) is 2. The fourth-order valence-corrected chi connectivity index (χ4v) is 7.18. The Bertz CT molecular complexity index is 1200. The first-order valence-electron chi connectivity index (χ1n) is 11.5. The van der Waals surface area contributed by atoms with Crippen molar-refractivity contribution < 1.29 is 10.2 Å². The molecule has 4 aliphatic carbocycles. The Labute approximate surface area is 183 Å². The summed E-state index contributed by atoms with van der Waals surface area (Å²) in [5, 5.41) is 23.7. The molecule has 31 heavy (non-hydrogen) atoms. The van der Waals surface area contributed by atoms with Crippen molar-refractivity contribution in [3.63, 3.8) is 0 Å². The minimum Gasteiger partial charge on any atom is -0.507 e. The molecule has 2 N–H and O–H groups in total. The van der Waals surface area contributed by atoms with E-state index in [2.05, 4.69) is 31.2 Å². The van der Waals surface area contributed by atoms with Crippen LogP contribution in [0.2, 0.25) is 0 Å². The summed E-state index contributed by atoms with van der Waals surface area (Å²) < 4.78 is 0. The summed E-state index contributed by atoms with van der Waals surface area (Å²) in [6.45, 7) is 2.09. The van der Waals surface area contributed by atoms with Crippen LogP contribution < -0.4 is 0 Å². The molecular weight excluding hydrogens is 382 g/mol. The highest BCUT2D eigenvalue weighted by molar-refractivity contribution is 6.03. The van der Waals surface area contributed by atoms with Gasteiger partial charge in [-0.2, -0.15) is 0 Å². The normalized spacial score (nSPS) is 31.7. The predicted octanol–water partition coefficient (Wildman–Crippen LogP) is 6.19. The number of phenolic OH excluding ortho intramolecular Hbond substituents is 1. The highest BCUT2D eigenvalue weighted by atomic mass is 16.3. The quantitative estimate of drug-likeness (QED) is 0.505. The van der Waals surface area contributed by atoms with Gasteiger partial charge in [0.1, 0.15) is 5.75 Å². The Morgan fingerprint density at radius 3 is 2.52 bits per heavy atom. The molecule has 4 saturated carbocycles. The number of phenols is 1. The molecule has 3 aromatic carbocycles. The van der Waals surface area contributed by atoms with E-state index in [4.69, 9.17) is 4.99 Å². The van der Waals surface area contributed by atoms with Gasteiger partial charge in [0.15, 0.2) is 0 Å². The summed E-state index contributed by atoms with van der Waals surface area (Å²) in [6.07, 6.45) is 8.36. The van der Waals surface area contributed by atoms with Crippen molar-refractivity contribution >= 4 is 22.7 Å². The monoisotopic (exact) mass is 411 g/mol. The Morgan fingerprint density at radius 1 is 0.968 bits per heavy atom. The van der Waals surface area contributed by atoms with Crippen LogP contribution in [0.15, 0.2) is 59.6 Å². The molecule has 2 unspecified atom stereocenters. The van der Waals surface area contributed by atoms with Crippen LogP contribution in [0, 0.1) is 18.8 Å². The van der Waals surface area contributed by atoms with Crippen LogP contribution in [0.5, 0.6) is 5.75 Å². The third kappa shape index (κ3) is 3.10. The fourth-order valence-electron chi connectivity index (χ4n) is 7.18. The molecule has 7 rings (SSSR count). The number of aliphatic hydroxyl groups is 1. The van der Waals surface area contributed by atoms with Gasteiger partial charge < -0.3 is 10.2 Å². The summed E-state index contributed by atoms with van der Waals surface area (Å²) in [5.74, 6) is 1.57. The van der Waals surface area contributed by atoms with Gasteiger partial charge in [-0.25, -0.2) is 0 Å². The minimum absolute atomic E-state index is 0.0956. The summed E-state index contributed by atoms with van der Waals surface area (Å²) >= 11 is 0. The summed E-state index contributed by atoms with van der Waals surface area (Å²) in [5.41, 5.74) is 3.80. The fraction of sp³-hybridized carbons (Fsp3) is 0.393. The molecule has 0 aromatic heterocycles. The number of aromatic hydroxyl groups is 1. The number of benzene rings is 3. The lowest BCUT2D eigenvalue weighted by atomic mass is 9.46. The van der Waals surface area contributed by atoms with Gasteiger partial charge in [-0.3, -0.25) is 4.99 Å². The van der Waals surface area contributed by atoms with Crippen molar-refractivity contribution in [2.75, 3.05) is 0 Å². The summed E-state index contributed by atoms with van der Waals surface area (Å²) in [7, 11) is 0. The predicted molar refractivity (Wildman–Crippen MR) is 125 cm³/mol. The molecule has 0 amide bonds. The minimum atomic E-state index is -0.465. The van der Waals surface area contributed by atoms with Gasteiger partial charge in [0, 0.05) is 11.8 Å². The first kappa shape index (κ1) is 19.1. The van der Waals surface area contributed by atoms with Gasteiger partial charge in [0.05, 0.1) is 11.3 Å². The van der Waals surface area contributed by atoms with Crippen molar-refractivity contribution in [1.82, 2.24) is 0 Å². The zero-order valence-corrected chi connectivity index (χ0v) is 18.0. The zero-order valence-electron chi connectivity index (χ0n) is 18.0. The number of aliphatic imine (C=N–C) groups is 1. The average molecular weight is 412 g/mol. The average Bonchev–Trinajstić information content (AvgIpc) is 2.72. The Kier molecular flexibility index (Phi) is 4.10. The van der Waals surface area contributed by atoms with E-state index in [0.717, 1.165) is 46.8 Å². The maximum Gasteiger partial charge on any atom is 0.124 e. The Morgan fingerprint density at radius 2 is 1.74 bits per heavy atom. The van der Waals surface area contributed by atoms with Crippen LogP contribution in [0.1, 0.15) is 55.2 Å². The second kappa shape index (κ2) is 6.67. The van der Waals surface area contributed by atoms with Gasteiger partial charge in [-0.05, 0) is 96.7 Å². The molecule has 3 heteroatoms. The SMILES string of the molecule is Cc1ccc(C23CC4CC(CC(O)(C4)C2)C3)cc1N=Cc1c(O)ccc2ccccc12. The third-order valence-corrected chi connectivity index (χ3v) is 8.13. The molecule has 4 fully saturated rings. The molecular formula is C28H29NO2. The van der Waals surface area contributed by atoms with Gasteiger partial charge in [0.2, 0.25) is 0 Å². The molecule has 4 aliphatic rings. The zero-order chi connectivity index (χ0) is 21.2. The van der Waals surface area contributed by atoms with Crippen molar-refractivity contribution in [3.8, 4) is 5.75 Å². The maximum atomic E-state index is 11.2. The second-order valence-electron chi connectivity index (χ2n) is 10.4. The standard InChI is InChI=1S/C28H29NO2/c1-18-6-8-22(27-12-19-10-20(13-27)15-28(31,14-19)17-27)11-25(18)29-16-24-23-5-3-2-4-21(23)7-9-26(24)30/h2-9,11,16,19-20,30-31H,10,12-15,17H2,1H3. The van der Waals surface area contributed by atoms with E-state index in [-0.39, 0.29) is 11.2 Å². The van der Waals surface area contributed by atoms with Crippen molar-refractivity contribution in [2.24, 2.45) is 16.8 Å². The molecule has 2 atom stereocenters. The molecule has 158 valence electrons. The topological polar surface area (TPSA) is 52.8 Å². The molecule has 4 bridgehead atoms. The van der Waals surface area contributed by atoms with E-state index in [1.165, 1.54) is 24.8 Å². The number of nitrogens with zero attached hydrogens (tertiary/aromatic N) is 1. The summed E-state index contributed by atoms with van der Waals surface area (Å²) in [6, 6.07) is 18.4. The first-order chi connectivity index (χ1) is 14.9. The van der Waals surface area contributed by atoms with E-state index in [1.54, 1.807) is 12.3 Å². The Balaban J connectivity index is 1.39. The molecule has 0 heterocycles. The Hall–Kier alpha value is -2.65. The maximum absolute atomic E-state index is 11.2. The molecule has 0 spiro atoms. The molecule has 0 saturated heterocycles. The highest BCUT2D eigenvalue weighted by Gasteiger charge is 2.57. The lowest BCUT2D eigenvalue weighted by Gasteiger charge is -2.60. The van der Waals surface area contributed by atoms with E-state index >= 15 is 0 Å². The van der Waals surface area contributed by atoms with Crippen LogP contribution in [0.3, 0.4) is 0 Å². The molecule has 3 nitrogen and oxygen atoms in total. The number of aryl methyl sites for hydroxylation is 1. The lowest BCUT2D eigenvalue weighted by molar-refractivity contribution is -0.136. The summed E-state index contributed by atoms with van der Waals surface area (Å²) in [4.78, 5) is 4.84. The van der Waals surface area contributed by atoms with Crippen molar-refractivity contribution in [1.29, 1.82) is 0 Å². The van der Waals surface area contributed by atoms with Gasteiger partial charge in [-0.1, -0.05) is 42.5 Å². The van der Waals surface area contributed by atoms with Gasteiger partial charge in [-0.15, -0.1) is 0 Å². The van der Waals surface area contributed by atoms with E-state index < -0.39 is 5.60 Å². The number of fused-ring (bicyclic) bond motifs is 1. The van der Waals surface area contributed by atoms with Crippen LogP contribution in [-0.4, -0.2) is 22.0 Å². The van der Waals surface area contributed by atoms with E-state index in [0.29, 0.717) is 11.8 Å². The van der Waals surface area contributed by atoms with Crippen LogP contribution >= 0.6 is 0 Å². The van der Waals surface area contributed by atoms with E-state index in [9.17, 15) is 10.2 Å². The smallest absolute Gasteiger partial charge is 0.124 e. The molecule has 0 radical (unpaired) electrons. The van der Waals surface area contributed by atoms with Crippen molar-refractivity contribution in [2.45, 2.75) is 56.5 Å². The largest absolute Gasteiger partial charge is 0.507 e. The molecule has 3 aromatic rings. The van der Waals surface area contributed by atoms with Crippen molar-refractivity contribution in [3.05, 3.63) is 71.3 Å².